The first-order chi connectivity index (χ1) is 11.4. The number of hydrogen-bond acceptors (Lipinski definition) is 5. The Balaban J connectivity index is 1.52. The van der Waals surface area contributed by atoms with Gasteiger partial charge in [0.15, 0.2) is 0 Å². The zero-order valence-electron chi connectivity index (χ0n) is 13.6. The van der Waals surface area contributed by atoms with Gasteiger partial charge in [-0.05, 0) is 37.1 Å². The molecule has 1 aromatic carbocycles. The SMILES string of the molecule is CS(=O)(=O)N[C@H]1CCCN(C[C@@H]2CC(c3ccc(Cl)cc3)=NO2)C1. The summed E-state index contributed by atoms with van der Waals surface area (Å²) < 4.78 is 25.5. The Morgan fingerprint density at radius 1 is 1.38 bits per heavy atom. The van der Waals surface area contributed by atoms with E-state index in [4.69, 9.17) is 16.4 Å². The minimum Gasteiger partial charge on any atom is -0.390 e. The molecule has 2 aliphatic rings. The first-order valence-corrected chi connectivity index (χ1v) is 10.3. The number of piperidine rings is 1. The third-order valence-corrected chi connectivity index (χ3v) is 5.27. The predicted molar refractivity (Wildman–Crippen MR) is 94.9 cm³/mol. The van der Waals surface area contributed by atoms with Crippen LogP contribution in [0.25, 0.3) is 0 Å². The van der Waals surface area contributed by atoms with Crippen molar-refractivity contribution in [2.45, 2.75) is 31.4 Å². The van der Waals surface area contributed by atoms with E-state index in [1.54, 1.807) is 0 Å². The number of rotatable bonds is 5. The van der Waals surface area contributed by atoms with Gasteiger partial charge in [-0.15, -0.1) is 0 Å². The Morgan fingerprint density at radius 3 is 2.83 bits per heavy atom. The smallest absolute Gasteiger partial charge is 0.208 e. The monoisotopic (exact) mass is 371 g/mol. The zero-order valence-corrected chi connectivity index (χ0v) is 15.2. The van der Waals surface area contributed by atoms with Gasteiger partial charge in [0.05, 0.1) is 12.0 Å². The van der Waals surface area contributed by atoms with Gasteiger partial charge in [0.2, 0.25) is 10.0 Å². The van der Waals surface area contributed by atoms with Gasteiger partial charge >= 0.3 is 0 Å². The number of benzene rings is 1. The summed E-state index contributed by atoms with van der Waals surface area (Å²) in [5.41, 5.74) is 1.96. The molecule has 2 atom stereocenters. The van der Waals surface area contributed by atoms with Gasteiger partial charge in [-0.1, -0.05) is 28.9 Å². The quantitative estimate of drug-likeness (QED) is 0.857. The van der Waals surface area contributed by atoms with Crippen LogP contribution in [-0.2, 0) is 14.9 Å². The molecule has 0 saturated carbocycles. The molecule has 0 spiro atoms. The third kappa shape index (κ3) is 4.92. The molecule has 132 valence electrons. The number of hydrogen-bond donors (Lipinski definition) is 1. The first-order valence-electron chi connectivity index (χ1n) is 8.07. The average molecular weight is 372 g/mol. The molecule has 6 nitrogen and oxygen atoms in total. The van der Waals surface area contributed by atoms with Crippen LogP contribution in [0.2, 0.25) is 5.02 Å². The predicted octanol–water partition coefficient (Wildman–Crippen LogP) is 1.85. The molecule has 3 rings (SSSR count). The van der Waals surface area contributed by atoms with Gasteiger partial charge < -0.3 is 4.84 Å². The first kappa shape index (κ1) is 17.7. The Morgan fingerprint density at radius 2 is 2.12 bits per heavy atom. The molecule has 0 bridgehead atoms. The van der Waals surface area contributed by atoms with Crippen molar-refractivity contribution < 1.29 is 13.3 Å². The van der Waals surface area contributed by atoms with Crippen LogP contribution in [0.1, 0.15) is 24.8 Å². The average Bonchev–Trinajstić information content (AvgIpc) is 2.95. The van der Waals surface area contributed by atoms with Crippen LogP contribution in [0, 0.1) is 0 Å². The number of nitrogens with zero attached hydrogens (tertiary/aromatic N) is 2. The zero-order chi connectivity index (χ0) is 17.2. The molecule has 1 aromatic rings. The molecule has 0 unspecified atom stereocenters. The Labute approximate surface area is 147 Å². The topological polar surface area (TPSA) is 71.0 Å². The van der Waals surface area contributed by atoms with Crippen LogP contribution >= 0.6 is 11.6 Å². The van der Waals surface area contributed by atoms with Gasteiger partial charge in [-0.25, -0.2) is 13.1 Å². The van der Waals surface area contributed by atoms with Gasteiger partial charge in [0, 0.05) is 30.6 Å². The highest BCUT2D eigenvalue weighted by Gasteiger charge is 2.28. The van der Waals surface area contributed by atoms with E-state index in [0.29, 0.717) is 11.6 Å². The standard InChI is InChI=1S/C16H22ClN3O3S/c1-24(21,22)19-14-3-2-8-20(10-14)11-15-9-16(18-23-15)12-4-6-13(17)7-5-12/h4-7,14-15,19H,2-3,8-11H2,1H3/t14-,15-/m0/s1. The van der Waals surface area contributed by atoms with E-state index in [1.807, 2.05) is 24.3 Å². The van der Waals surface area contributed by atoms with Gasteiger partial charge in [-0.2, -0.15) is 0 Å². The van der Waals surface area contributed by atoms with Gasteiger partial charge in [-0.3, -0.25) is 4.90 Å². The van der Waals surface area contributed by atoms with Gasteiger partial charge in [0.1, 0.15) is 6.10 Å². The van der Waals surface area contributed by atoms with Crippen LogP contribution in [-0.4, -0.2) is 57.1 Å². The van der Waals surface area contributed by atoms with E-state index in [0.717, 1.165) is 43.6 Å². The second-order valence-corrected chi connectivity index (χ2v) is 8.68. The molecule has 2 aliphatic heterocycles. The van der Waals surface area contributed by atoms with Crippen LogP contribution in [0.5, 0.6) is 0 Å². The summed E-state index contributed by atoms with van der Waals surface area (Å²) in [4.78, 5) is 7.81. The van der Waals surface area contributed by atoms with Crippen LogP contribution in [0.15, 0.2) is 29.4 Å². The molecule has 1 saturated heterocycles. The maximum absolute atomic E-state index is 11.4. The number of sulfonamides is 1. The molecule has 0 aliphatic carbocycles. The maximum Gasteiger partial charge on any atom is 0.208 e. The minimum atomic E-state index is -3.16. The number of likely N-dealkylation sites (tertiary alicyclic amines) is 1. The molecule has 1 N–H and O–H groups in total. The van der Waals surface area contributed by atoms with Gasteiger partial charge in [0.25, 0.3) is 0 Å². The van der Waals surface area contributed by atoms with Crippen molar-refractivity contribution >= 4 is 27.3 Å². The summed E-state index contributed by atoms with van der Waals surface area (Å²) in [5, 5.41) is 4.90. The Hall–Kier alpha value is -1.15. The lowest BCUT2D eigenvalue weighted by molar-refractivity contribution is 0.0441. The van der Waals surface area contributed by atoms with Crippen molar-refractivity contribution in [1.29, 1.82) is 0 Å². The van der Waals surface area contributed by atoms with Crippen LogP contribution in [0.4, 0.5) is 0 Å². The van der Waals surface area contributed by atoms with E-state index in [2.05, 4.69) is 14.8 Å². The lowest BCUT2D eigenvalue weighted by Gasteiger charge is -2.33. The summed E-state index contributed by atoms with van der Waals surface area (Å²) in [6, 6.07) is 7.56. The van der Waals surface area contributed by atoms with Crippen molar-refractivity contribution in [3.05, 3.63) is 34.9 Å². The third-order valence-electron chi connectivity index (χ3n) is 4.26. The van der Waals surface area contributed by atoms with E-state index < -0.39 is 10.0 Å². The summed E-state index contributed by atoms with van der Waals surface area (Å²) in [7, 11) is -3.16. The van der Waals surface area contributed by atoms with E-state index in [1.165, 1.54) is 6.26 Å². The lowest BCUT2D eigenvalue weighted by Crippen LogP contribution is -2.49. The fourth-order valence-corrected chi connectivity index (χ4v) is 4.17. The van der Waals surface area contributed by atoms with Crippen LogP contribution in [0.3, 0.4) is 0 Å². The highest BCUT2D eigenvalue weighted by molar-refractivity contribution is 7.88. The van der Waals surface area contributed by atoms with E-state index in [-0.39, 0.29) is 12.1 Å². The molecule has 0 radical (unpaired) electrons. The van der Waals surface area contributed by atoms with E-state index in [9.17, 15) is 8.42 Å². The normalized spacial score (nSPS) is 25.3. The maximum atomic E-state index is 11.4. The molecule has 2 heterocycles. The molecular formula is C16H22ClN3O3S. The Kier molecular flexibility index (Phi) is 5.44. The highest BCUT2D eigenvalue weighted by Crippen LogP contribution is 2.20. The fourth-order valence-electron chi connectivity index (χ4n) is 3.25. The molecule has 8 heteroatoms. The largest absolute Gasteiger partial charge is 0.390 e. The van der Waals surface area contributed by atoms with E-state index >= 15 is 0 Å². The molecule has 0 aromatic heterocycles. The molecule has 0 amide bonds. The summed E-state index contributed by atoms with van der Waals surface area (Å²) in [6.07, 6.45) is 3.82. The fraction of sp³-hybridized carbons (Fsp3) is 0.562. The molecule has 24 heavy (non-hydrogen) atoms. The van der Waals surface area contributed by atoms with Crippen molar-refractivity contribution in [1.82, 2.24) is 9.62 Å². The molecule has 1 fully saturated rings. The highest BCUT2D eigenvalue weighted by atomic mass is 35.5. The molecular weight excluding hydrogens is 350 g/mol. The number of oxime groups is 1. The minimum absolute atomic E-state index is 0.00709. The van der Waals surface area contributed by atoms with Crippen LogP contribution < -0.4 is 4.72 Å². The summed E-state index contributed by atoms with van der Waals surface area (Å²) in [5.74, 6) is 0. The number of nitrogens with one attached hydrogen (secondary N) is 1. The summed E-state index contributed by atoms with van der Waals surface area (Å²) in [6.45, 7) is 2.42. The van der Waals surface area contributed by atoms with Crippen molar-refractivity contribution in [3.63, 3.8) is 0 Å². The van der Waals surface area contributed by atoms with Crippen molar-refractivity contribution in [2.24, 2.45) is 5.16 Å². The Bertz CT molecular complexity index is 706. The van der Waals surface area contributed by atoms with Crippen molar-refractivity contribution in [3.8, 4) is 0 Å². The second kappa shape index (κ2) is 7.39. The van der Waals surface area contributed by atoms with Crippen molar-refractivity contribution in [2.75, 3.05) is 25.9 Å². The number of halogens is 1. The second-order valence-electron chi connectivity index (χ2n) is 6.47. The summed E-state index contributed by atoms with van der Waals surface area (Å²) >= 11 is 5.91. The lowest BCUT2D eigenvalue weighted by atomic mass is 10.0.